The van der Waals surface area contributed by atoms with Crippen molar-refractivity contribution in [2.45, 2.75) is 109 Å². The summed E-state index contributed by atoms with van der Waals surface area (Å²) in [6.07, 6.45) is -1.37. The molecule has 2 aromatic carbocycles. The van der Waals surface area contributed by atoms with E-state index >= 15 is 8.78 Å². The standard InChI is InChI=1S/C39H45F2NO6.CH4/c1-21(2)42-26-8-6-7-25(15-26)22(3)23-9-11-24(12-10-23)35-47-34-18-28-29-17-31(40)30-16-27(44)13-14-36(30,4)38(29,41)32(45)19-37(28,5)39(34,48-35)33(46)20-43;/h6-16,21-22,28-29,31-32,34-35,42-43,45H,17-20H2,1-5H3;1H4/t22-,28+,29+,31+,32+,34-,35+,36+,37+,38+,39-;/m1./s1. The zero-order valence-corrected chi connectivity index (χ0v) is 28.1. The van der Waals surface area contributed by atoms with Crippen LogP contribution in [0.4, 0.5) is 14.5 Å². The Labute approximate surface area is 287 Å². The van der Waals surface area contributed by atoms with Crippen LogP contribution in [0.2, 0.25) is 0 Å². The van der Waals surface area contributed by atoms with Gasteiger partial charge in [-0.1, -0.05) is 63.7 Å². The number of hydrogen-bond donors (Lipinski definition) is 3. The number of ether oxygens (including phenoxy) is 2. The van der Waals surface area contributed by atoms with Crippen molar-refractivity contribution in [2.75, 3.05) is 11.9 Å². The van der Waals surface area contributed by atoms with Gasteiger partial charge < -0.3 is 25.0 Å². The van der Waals surface area contributed by atoms with E-state index in [1.807, 2.05) is 36.4 Å². The lowest BCUT2D eigenvalue weighted by Crippen LogP contribution is -2.70. The fourth-order valence-corrected chi connectivity index (χ4v) is 10.1. The monoisotopic (exact) mass is 677 g/mol. The van der Waals surface area contributed by atoms with Crippen molar-refractivity contribution in [1.82, 2.24) is 0 Å². The summed E-state index contributed by atoms with van der Waals surface area (Å²) < 4.78 is 46.6. The minimum absolute atomic E-state index is 0. The average Bonchev–Trinajstić information content (AvgIpc) is 3.56. The van der Waals surface area contributed by atoms with Gasteiger partial charge in [-0.3, -0.25) is 9.59 Å². The first-order valence-electron chi connectivity index (χ1n) is 17.1. The second kappa shape index (κ2) is 12.2. The van der Waals surface area contributed by atoms with Crippen molar-refractivity contribution in [3.63, 3.8) is 0 Å². The lowest BCUT2D eigenvalue weighted by atomic mass is 9.44. The third-order valence-corrected chi connectivity index (χ3v) is 12.5. The zero-order chi connectivity index (χ0) is 34.4. The number of carbonyl (C=O) groups is 2. The van der Waals surface area contributed by atoms with Crippen LogP contribution in [0.1, 0.15) is 90.2 Å². The number of allylic oxidation sites excluding steroid dienone is 4. The molecule has 5 aliphatic rings. The summed E-state index contributed by atoms with van der Waals surface area (Å²) in [5.74, 6) is -2.49. The maximum atomic E-state index is 17.6. The third-order valence-electron chi connectivity index (χ3n) is 12.5. The highest BCUT2D eigenvalue weighted by Crippen LogP contribution is 2.72. The number of nitrogens with one attached hydrogen (secondary N) is 1. The van der Waals surface area contributed by atoms with Crippen LogP contribution in [-0.4, -0.2) is 64.1 Å². The fraction of sp³-hybridized carbons (Fsp3) is 0.550. The molecule has 4 aliphatic carbocycles. The Bertz CT molecular complexity index is 1690. The molecule has 7 rings (SSSR count). The molecule has 3 N–H and O–H groups in total. The Hall–Kier alpha value is -3.24. The molecule has 0 radical (unpaired) electrons. The van der Waals surface area contributed by atoms with Crippen LogP contribution >= 0.6 is 0 Å². The Kier molecular flexibility index (Phi) is 8.87. The Balaban J connectivity index is 0.00000417. The second-order valence-electron chi connectivity index (χ2n) is 15.3. The number of halogens is 2. The van der Waals surface area contributed by atoms with Gasteiger partial charge in [0.15, 0.2) is 29.1 Å². The van der Waals surface area contributed by atoms with Gasteiger partial charge in [0.2, 0.25) is 0 Å². The predicted octanol–water partition coefficient (Wildman–Crippen LogP) is 6.94. The molecule has 1 saturated heterocycles. The smallest absolute Gasteiger partial charge is 0.193 e. The number of Topliss-reactive ketones (excluding diaryl/α,β-unsaturated/α-hetero) is 1. The molecule has 4 fully saturated rings. The summed E-state index contributed by atoms with van der Waals surface area (Å²) in [4.78, 5) is 26.0. The summed E-state index contributed by atoms with van der Waals surface area (Å²) in [7, 11) is 0. The number of ketones is 2. The molecule has 1 aliphatic heterocycles. The zero-order valence-electron chi connectivity index (χ0n) is 28.1. The molecule has 0 aromatic heterocycles. The lowest BCUT2D eigenvalue weighted by Gasteiger charge is -2.63. The van der Waals surface area contributed by atoms with E-state index in [9.17, 15) is 19.8 Å². The van der Waals surface area contributed by atoms with E-state index in [0.717, 1.165) is 22.9 Å². The van der Waals surface area contributed by atoms with Gasteiger partial charge in [0, 0.05) is 40.0 Å². The molecule has 0 unspecified atom stereocenters. The molecule has 0 spiro atoms. The van der Waals surface area contributed by atoms with E-state index in [-0.39, 0.29) is 38.2 Å². The molecule has 9 heteroatoms. The molecule has 3 saturated carbocycles. The van der Waals surface area contributed by atoms with Crippen molar-refractivity contribution in [2.24, 2.45) is 22.7 Å². The largest absolute Gasteiger partial charge is 0.390 e. The topological polar surface area (TPSA) is 105 Å². The van der Waals surface area contributed by atoms with Crippen molar-refractivity contribution < 1.29 is 38.1 Å². The summed E-state index contributed by atoms with van der Waals surface area (Å²) in [6.45, 7) is 8.84. The summed E-state index contributed by atoms with van der Waals surface area (Å²) in [6, 6.07) is 16.5. The normalized spacial score (nSPS) is 39.6. The number of carbonyl (C=O) groups excluding carboxylic acids is 2. The molecule has 49 heavy (non-hydrogen) atoms. The Morgan fingerprint density at radius 2 is 1.78 bits per heavy atom. The Morgan fingerprint density at radius 3 is 2.45 bits per heavy atom. The van der Waals surface area contributed by atoms with Gasteiger partial charge in [-0.15, -0.1) is 0 Å². The first kappa shape index (κ1) is 35.6. The van der Waals surface area contributed by atoms with E-state index < -0.39 is 76.8 Å². The number of alkyl halides is 2. The summed E-state index contributed by atoms with van der Waals surface area (Å²) in [5, 5.41) is 25.4. The highest BCUT2D eigenvalue weighted by Gasteiger charge is 2.80. The van der Waals surface area contributed by atoms with Crippen molar-refractivity contribution >= 4 is 17.3 Å². The maximum absolute atomic E-state index is 17.6. The van der Waals surface area contributed by atoms with Gasteiger partial charge in [0.25, 0.3) is 0 Å². The van der Waals surface area contributed by atoms with Crippen LogP contribution in [0, 0.1) is 22.7 Å². The van der Waals surface area contributed by atoms with Crippen molar-refractivity contribution in [3.05, 3.63) is 89.0 Å². The highest BCUT2D eigenvalue weighted by atomic mass is 19.1. The first-order valence-corrected chi connectivity index (χ1v) is 17.1. The number of aliphatic hydroxyl groups is 2. The second-order valence-corrected chi connectivity index (χ2v) is 15.3. The molecule has 0 amide bonds. The van der Waals surface area contributed by atoms with E-state index in [1.54, 1.807) is 13.8 Å². The van der Waals surface area contributed by atoms with E-state index in [1.165, 1.54) is 12.2 Å². The van der Waals surface area contributed by atoms with Gasteiger partial charge in [0.05, 0.1) is 12.2 Å². The van der Waals surface area contributed by atoms with Crippen LogP contribution in [0.25, 0.3) is 0 Å². The quantitative estimate of drug-likeness (QED) is 0.292. The average molecular weight is 678 g/mol. The van der Waals surface area contributed by atoms with Gasteiger partial charge in [-0.2, -0.15) is 0 Å². The van der Waals surface area contributed by atoms with Crippen LogP contribution < -0.4 is 5.32 Å². The van der Waals surface area contributed by atoms with Crippen molar-refractivity contribution in [1.29, 1.82) is 0 Å². The van der Waals surface area contributed by atoms with Crippen LogP contribution in [-0.2, 0) is 19.1 Å². The number of fused-ring (bicyclic) bond motifs is 7. The summed E-state index contributed by atoms with van der Waals surface area (Å²) >= 11 is 0. The van der Waals surface area contributed by atoms with Crippen molar-refractivity contribution in [3.8, 4) is 0 Å². The molecular formula is C40H49F2NO6. The molecule has 2 aromatic rings. The molecule has 11 atom stereocenters. The number of rotatable bonds is 7. The fourth-order valence-electron chi connectivity index (χ4n) is 10.1. The van der Waals surface area contributed by atoms with E-state index in [2.05, 4.69) is 38.2 Å². The van der Waals surface area contributed by atoms with Gasteiger partial charge in [-0.25, -0.2) is 8.78 Å². The highest BCUT2D eigenvalue weighted by molar-refractivity contribution is 6.01. The number of aliphatic hydroxyl groups excluding tert-OH is 2. The Morgan fingerprint density at radius 1 is 1.06 bits per heavy atom. The van der Waals surface area contributed by atoms with Gasteiger partial charge >= 0.3 is 0 Å². The minimum atomic E-state index is -2.29. The number of benzene rings is 2. The number of anilines is 1. The number of hydrogen-bond acceptors (Lipinski definition) is 7. The molecular weight excluding hydrogens is 628 g/mol. The van der Waals surface area contributed by atoms with Crippen LogP contribution in [0.3, 0.4) is 0 Å². The summed E-state index contributed by atoms with van der Waals surface area (Å²) in [5.41, 5.74) is -2.63. The minimum Gasteiger partial charge on any atom is -0.390 e. The third kappa shape index (κ3) is 4.94. The molecule has 0 bridgehead atoms. The lowest BCUT2D eigenvalue weighted by molar-refractivity contribution is -0.235. The van der Waals surface area contributed by atoms with Crippen LogP contribution in [0.5, 0.6) is 0 Å². The van der Waals surface area contributed by atoms with E-state index in [4.69, 9.17) is 9.47 Å². The van der Waals surface area contributed by atoms with Gasteiger partial charge in [0.1, 0.15) is 12.8 Å². The molecule has 1 heterocycles. The molecule has 7 nitrogen and oxygen atoms in total. The first-order chi connectivity index (χ1) is 22.7. The van der Waals surface area contributed by atoms with Crippen LogP contribution in [0.15, 0.2) is 72.3 Å². The SMILES string of the molecule is C.CC(C)Nc1cccc([C@H](C)c2ccc([C@H]3O[C@@H]4C[C@H]5[C@@H]6C[C@H](F)C7=CC(=O)C=C[C@]7(C)[C@@]6(F)[C@@H](O)C[C@]5(C)[C@]4(C(=O)CO)O3)cc2)c1. The maximum Gasteiger partial charge on any atom is 0.193 e. The molecule has 264 valence electrons. The predicted molar refractivity (Wildman–Crippen MR) is 183 cm³/mol. The van der Waals surface area contributed by atoms with Gasteiger partial charge in [-0.05, 0) is 86.9 Å². The van der Waals surface area contributed by atoms with E-state index in [0.29, 0.717) is 11.6 Å².